The maximum Gasteiger partial charge on any atom is 0.242 e. The number of nitrogens with one attached hydrogen (secondary N) is 1. The van der Waals surface area contributed by atoms with Gasteiger partial charge in [0.2, 0.25) is 5.88 Å². The lowest BCUT2D eigenvalue weighted by Gasteiger charge is -2.12. The number of ketones is 1. The predicted octanol–water partition coefficient (Wildman–Crippen LogP) is 9.80. The Morgan fingerprint density at radius 3 is 1.92 bits per heavy atom. The quantitative estimate of drug-likeness (QED) is 0.269. The fourth-order valence-corrected chi connectivity index (χ4v) is 3.86. The number of aryl methyl sites for hydroxylation is 2. The highest BCUT2D eigenvalue weighted by Gasteiger charge is 2.15. The van der Waals surface area contributed by atoms with Gasteiger partial charge < -0.3 is 9.72 Å². The summed E-state index contributed by atoms with van der Waals surface area (Å²) in [5.74, 6) is 0.909. The first-order chi connectivity index (χ1) is 14.8. The average Bonchev–Trinajstić information content (AvgIpc) is 3.36. The molecule has 0 amide bonds. The molecule has 1 aromatic carbocycles. The molecule has 0 unspecified atom stereocenters. The number of nitrogens with zero attached hydrogens (tertiary/aromatic N) is 2. The van der Waals surface area contributed by atoms with Crippen LogP contribution in [0.3, 0.4) is 0 Å². The molecule has 4 rings (SSSR count). The molecule has 0 bridgehead atoms. The van der Waals surface area contributed by atoms with Crippen LogP contribution in [0.25, 0.3) is 21.6 Å². The monoisotopic (exact) mass is 515 g/mol. The Morgan fingerprint density at radius 2 is 1.47 bits per heavy atom. The van der Waals surface area contributed by atoms with E-state index >= 15 is 0 Å². The van der Waals surface area contributed by atoms with E-state index in [0.717, 1.165) is 38.6 Å². The minimum atomic E-state index is 0. The van der Waals surface area contributed by atoms with E-state index < -0.39 is 0 Å². The van der Waals surface area contributed by atoms with Crippen molar-refractivity contribution in [2.75, 3.05) is 0 Å². The van der Waals surface area contributed by atoms with Crippen molar-refractivity contribution in [3.05, 3.63) is 64.8 Å². The van der Waals surface area contributed by atoms with Crippen LogP contribution in [0.2, 0.25) is 0 Å². The summed E-state index contributed by atoms with van der Waals surface area (Å²) in [5, 5.41) is 2.03. The van der Waals surface area contributed by atoms with Gasteiger partial charge in [-0.05, 0) is 57.3 Å². The summed E-state index contributed by atoms with van der Waals surface area (Å²) in [6.45, 7) is 11.7. The Hall–Kier alpha value is -2.99. The number of thiophene rings is 1. The molecular formula is C30H49N3O2S. The van der Waals surface area contributed by atoms with Gasteiger partial charge in [-0.1, -0.05) is 69.2 Å². The number of para-hydroxylation sites is 2. The second-order valence-electron chi connectivity index (χ2n) is 8.02. The van der Waals surface area contributed by atoms with Crippen molar-refractivity contribution in [3.63, 3.8) is 0 Å². The Balaban J connectivity index is -0.000000573. The molecular weight excluding hydrogens is 466 g/mol. The van der Waals surface area contributed by atoms with Crippen LogP contribution in [-0.4, -0.2) is 26.8 Å². The van der Waals surface area contributed by atoms with Crippen LogP contribution in [0.15, 0.2) is 47.8 Å². The van der Waals surface area contributed by atoms with Crippen molar-refractivity contribution in [1.82, 2.24) is 15.0 Å². The summed E-state index contributed by atoms with van der Waals surface area (Å²) in [7, 11) is 0. The molecule has 36 heavy (non-hydrogen) atoms. The zero-order valence-corrected chi connectivity index (χ0v) is 19.7. The minimum Gasteiger partial charge on any atom is -0.473 e. The fourth-order valence-electron chi connectivity index (χ4n) is 3.15. The number of hydrogen-bond acceptors (Lipinski definition) is 5. The maximum atomic E-state index is 11.6. The van der Waals surface area contributed by atoms with Crippen molar-refractivity contribution >= 4 is 28.2 Å². The van der Waals surface area contributed by atoms with Gasteiger partial charge in [-0.3, -0.25) is 4.79 Å². The van der Waals surface area contributed by atoms with Gasteiger partial charge in [-0.15, -0.1) is 11.3 Å². The molecule has 1 N–H and O–H groups in total. The van der Waals surface area contributed by atoms with Crippen molar-refractivity contribution in [2.45, 2.75) is 84.8 Å². The summed E-state index contributed by atoms with van der Waals surface area (Å²) in [6.07, 6.45) is 0.0779. The molecule has 0 radical (unpaired) electrons. The second kappa shape index (κ2) is 16.6. The normalized spacial score (nSPS) is 9.44. The summed E-state index contributed by atoms with van der Waals surface area (Å²) in [4.78, 5) is 25.0. The van der Waals surface area contributed by atoms with Crippen LogP contribution in [0.5, 0.6) is 5.88 Å². The van der Waals surface area contributed by atoms with E-state index in [4.69, 9.17) is 9.72 Å². The first kappa shape index (κ1) is 37.6. The molecule has 0 fully saturated rings. The molecule has 5 nitrogen and oxygen atoms in total. The van der Waals surface area contributed by atoms with E-state index in [9.17, 15) is 4.79 Å². The number of rotatable bonds is 5. The average molecular weight is 516 g/mol. The van der Waals surface area contributed by atoms with Gasteiger partial charge in [-0.25, -0.2) is 9.97 Å². The second-order valence-corrected chi connectivity index (χ2v) is 8.97. The Labute approximate surface area is 224 Å². The van der Waals surface area contributed by atoms with Crippen molar-refractivity contribution in [3.8, 4) is 16.5 Å². The van der Waals surface area contributed by atoms with Gasteiger partial charge in [0, 0.05) is 22.9 Å². The van der Waals surface area contributed by atoms with Gasteiger partial charge in [-0.2, -0.15) is 0 Å². The number of fused-ring (bicyclic) bond motifs is 1. The highest BCUT2D eigenvalue weighted by Crippen LogP contribution is 2.32. The number of ether oxygens (including phenoxy) is 1. The summed E-state index contributed by atoms with van der Waals surface area (Å²) in [5.41, 5.74) is 5.44. The fraction of sp³-hybridized carbons (Fsp3) is 0.433. The lowest BCUT2D eigenvalue weighted by atomic mass is 10.0. The molecule has 0 saturated carbocycles. The third-order valence-corrected chi connectivity index (χ3v) is 5.46. The van der Waals surface area contributed by atoms with E-state index in [1.807, 2.05) is 89.4 Å². The van der Waals surface area contributed by atoms with Crippen LogP contribution < -0.4 is 4.74 Å². The molecule has 0 saturated heterocycles. The SMILES string of the molecule is C.C.C.C.C.CC(C)Oc1nc2ccccc2nc1-c1cccs1.Cc1cc(C(=O)C(C)C)c(C)[nH]1. The van der Waals surface area contributed by atoms with Crippen LogP contribution >= 0.6 is 11.3 Å². The lowest BCUT2D eigenvalue weighted by molar-refractivity contribution is 0.0939. The summed E-state index contributed by atoms with van der Waals surface area (Å²) < 4.78 is 5.81. The number of H-pyrrole nitrogens is 1. The summed E-state index contributed by atoms with van der Waals surface area (Å²) >= 11 is 1.64. The van der Waals surface area contributed by atoms with Gasteiger partial charge in [0.05, 0.1) is 22.0 Å². The molecule has 3 heterocycles. The molecule has 0 spiro atoms. The Bertz CT molecular complexity index is 1160. The Kier molecular flexibility index (Phi) is 17.4. The number of Topliss-reactive ketones (excluding diaryl/α,β-unsaturated/α-hetero) is 1. The molecule has 0 aliphatic heterocycles. The number of carbonyl (C=O) groups is 1. The highest BCUT2D eigenvalue weighted by atomic mass is 32.1. The number of hydrogen-bond donors (Lipinski definition) is 1. The van der Waals surface area contributed by atoms with Crippen molar-refractivity contribution in [1.29, 1.82) is 0 Å². The Morgan fingerprint density at radius 1 is 0.889 bits per heavy atom. The largest absolute Gasteiger partial charge is 0.473 e. The van der Waals surface area contributed by atoms with Gasteiger partial charge in [0.25, 0.3) is 0 Å². The molecule has 0 atom stereocenters. The zero-order chi connectivity index (χ0) is 22.5. The molecule has 3 aromatic heterocycles. The number of aromatic nitrogens is 3. The first-order valence-corrected chi connectivity index (χ1v) is 11.3. The zero-order valence-electron chi connectivity index (χ0n) is 18.9. The number of aromatic amines is 1. The van der Waals surface area contributed by atoms with E-state index in [0.29, 0.717) is 5.88 Å². The van der Waals surface area contributed by atoms with Crippen molar-refractivity contribution < 1.29 is 9.53 Å². The van der Waals surface area contributed by atoms with Crippen LogP contribution in [0.1, 0.15) is 86.6 Å². The highest BCUT2D eigenvalue weighted by molar-refractivity contribution is 7.13. The maximum absolute atomic E-state index is 11.6. The van der Waals surface area contributed by atoms with Gasteiger partial charge >= 0.3 is 0 Å². The molecule has 6 heteroatoms. The topological polar surface area (TPSA) is 67.9 Å². The molecule has 4 aromatic rings. The van der Waals surface area contributed by atoms with Crippen molar-refractivity contribution in [2.24, 2.45) is 5.92 Å². The van der Waals surface area contributed by atoms with Crippen LogP contribution in [-0.2, 0) is 0 Å². The standard InChI is InChI=1S/C15H14N2OS.C10H15NO.5CH4/c1-10(2)18-15-14(13-8-5-9-19-13)16-11-6-3-4-7-12(11)17-15;1-6(2)10(12)9-5-7(3)11-8(9)4;;;;;/h3-10H,1-2H3;5-6,11H,1-4H3;5*1H4. The molecule has 0 aliphatic rings. The summed E-state index contributed by atoms with van der Waals surface area (Å²) in [6, 6.07) is 13.8. The number of carbonyl (C=O) groups excluding carboxylic acids is 1. The van der Waals surface area contributed by atoms with Gasteiger partial charge in [0.1, 0.15) is 5.69 Å². The molecule has 0 aliphatic carbocycles. The van der Waals surface area contributed by atoms with Gasteiger partial charge in [0.15, 0.2) is 5.78 Å². The third-order valence-electron chi connectivity index (χ3n) is 4.58. The predicted molar refractivity (Wildman–Crippen MR) is 162 cm³/mol. The van der Waals surface area contributed by atoms with E-state index in [1.54, 1.807) is 11.3 Å². The first-order valence-electron chi connectivity index (χ1n) is 10.4. The minimum absolute atomic E-state index is 0. The van der Waals surface area contributed by atoms with Crippen LogP contribution in [0.4, 0.5) is 0 Å². The van der Waals surface area contributed by atoms with E-state index in [2.05, 4.69) is 9.97 Å². The van der Waals surface area contributed by atoms with E-state index in [-0.39, 0.29) is 54.9 Å². The van der Waals surface area contributed by atoms with E-state index in [1.165, 1.54) is 0 Å². The smallest absolute Gasteiger partial charge is 0.242 e. The molecule has 202 valence electrons. The van der Waals surface area contributed by atoms with Crippen LogP contribution in [0, 0.1) is 19.8 Å². The number of benzene rings is 1. The third kappa shape index (κ3) is 9.23. The lowest BCUT2D eigenvalue weighted by Crippen LogP contribution is -2.08.